The van der Waals surface area contributed by atoms with Gasteiger partial charge in [-0.2, -0.15) is 0 Å². The van der Waals surface area contributed by atoms with E-state index < -0.39 is 12.0 Å². The molecule has 1 N–H and O–H groups in total. The summed E-state index contributed by atoms with van der Waals surface area (Å²) >= 11 is 0. The lowest BCUT2D eigenvalue weighted by molar-refractivity contribution is -0.120. The Labute approximate surface area is 52.7 Å². The molecule has 1 radical (unpaired) electrons. The molecule has 0 aromatic rings. The molecule has 1 rings (SSSR count). The fourth-order valence-corrected chi connectivity index (χ4v) is 0.917. The molecule has 3 heteroatoms. The molecule has 1 fully saturated rings. The first kappa shape index (κ1) is 6.93. The van der Waals surface area contributed by atoms with Gasteiger partial charge < -0.3 is 5.11 Å². The summed E-state index contributed by atoms with van der Waals surface area (Å²) in [5.74, 6) is -2.86. The molecule has 0 spiro atoms. The molecule has 0 aromatic carbocycles. The van der Waals surface area contributed by atoms with E-state index >= 15 is 0 Å². The highest BCUT2D eigenvalue weighted by Gasteiger charge is 2.39. The fraction of sp³-hybridized carbons (Fsp3) is 0.833. The lowest BCUT2D eigenvalue weighted by Gasteiger charge is -2.26. The molecule has 0 aliphatic heterocycles. The maximum absolute atomic E-state index is 12.3. The number of alkyl halides is 2. The average Bonchev–Trinajstić information content (AvgIpc) is 1.77. The van der Waals surface area contributed by atoms with E-state index in [0.29, 0.717) is 6.42 Å². The normalized spacial score (nSPS) is 34.3. The largest absolute Gasteiger partial charge is 0.387 e. The van der Waals surface area contributed by atoms with Gasteiger partial charge in [0.25, 0.3) is 5.92 Å². The highest BCUT2D eigenvalue weighted by molar-refractivity contribution is 4.89. The Balaban J connectivity index is 2.49. The van der Waals surface area contributed by atoms with Crippen molar-refractivity contribution in [3.63, 3.8) is 0 Å². The molecular weight excluding hydrogens is 126 g/mol. The van der Waals surface area contributed by atoms with Gasteiger partial charge in [-0.3, -0.25) is 0 Å². The summed E-state index contributed by atoms with van der Waals surface area (Å²) in [4.78, 5) is 0. The van der Waals surface area contributed by atoms with Crippen LogP contribution in [0.3, 0.4) is 0 Å². The first-order chi connectivity index (χ1) is 4.13. The molecule has 1 aliphatic rings. The van der Waals surface area contributed by atoms with Gasteiger partial charge in [0.15, 0.2) is 0 Å². The first-order valence-corrected chi connectivity index (χ1v) is 3.00. The van der Waals surface area contributed by atoms with E-state index in [-0.39, 0.29) is 12.8 Å². The van der Waals surface area contributed by atoms with E-state index in [2.05, 4.69) is 0 Å². The minimum Gasteiger partial charge on any atom is -0.387 e. The molecule has 1 unspecified atom stereocenters. The van der Waals surface area contributed by atoms with Crippen molar-refractivity contribution in [1.82, 2.24) is 0 Å². The molecule has 0 bridgehead atoms. The molecule has 1 nitrogen and oxygen atoms in total. The Bertz CT molecular complexity index is 103. The number of rotatable bonds is 0. The number of halogens is 2. The van der Waals surface area contributed by atoms with Crippen LogP contribution in [0.25, 0.3) is 0 Å². The van der Waals surface area contributed by atoms with Gasteiger partial charge in [0, 0.05) is 6.42 Å². The minimum atomic E-state index is -2.86. The third-order valence-corrected chi connectivity index (χ3v) is 1.55. The summed E-state index contributed by atoms with van der Waals surface area (Å²) in [5.41, 5.74) is 0. The molecule has 0 amide bonds. The lowest BCUT2D eigenvalue weighted by Crippen LogP contribution is -2.36. The first-order valence-electron chi connectivity index (χ1n) is 3.00. The summed E-state index contributed by atoms with van der Waals surface area (Å²) in [6, 6.07) is 0. The van der Waals surface area contributed by atoms with Crippen LogP contribution in [-0.2, 0) is 0 Å². The summed E-state index contributed by atoms with van der Waals surface area (Å²) < 4.78 is 24.6. The van der Waals surface area contributed by atoms with E-state index in [1.807, 2.05) is 0 Å². The average molecular weight is 135 g/mol. The number of hydrogen-bond acceptors (Lipinski definition) is 1. The zero-order valence-corrected chi connectivity index (χ0v) is 4.98. The lowest BCUT2D eigenvalue weighted by atomic mass is 9.94. The van der Waals surface area contributed by atoms with E-state index in [0.717, 1.165) is 0 Å². The second-order valence-corrected chi connectivity index (χ2v) is 2.35. The van der Waals surface area contributed by atoms with E-state index in [1.54, 1.807) is 0 Å². The Hall–Kier alpha value is -0.180. The molecular formula is C6H9F2O. The van der Waals surface area contributed by atoms with Gasteiger partial charge in [-0.05, 0) is 19.3 Å². The van der Waals surface area contributed by atoms with Gasteiger partial charge in [0.05, 0.1) is 0 Å². The second kappa shape index (κ2) is 2.21. The van der Waals surface area contributed by atoms with Gasteiger partial charge >= 0.3 is 0 Å². The molecule has 1 aliphatic carbocycles. The molecule has 1 saturated carbocycles. The summed E-state index contributed by atoms with van der Waals surface area (Å²) in [7, 11) is 0. The Morgan fingerprint density at radius 2 is 2.22 bits per heavy atom. The predicted octanol–water partition coefficient (Wildman–Crippen LogP) is 1.37. The van der Waals surface area contributed by atoms with Crippen LogP contribution in [0.15, 0.2) is 0 Å². The van der Waals surface area contributed by atoms with Gasteiger partial charge in [0.1, 0.15) is 6.10 Å². The fourth-order valence-electron chi connectivity index (χ4n) is 0.917. The molecule has 1 atom stereocenters. The van der Waals surface area contributed by atoms with Crippen LogP contribution in [0.2, 0.25) is 0 Å². The Morgan fingerprint density at radius 3 is 2.56 bits per heavy atom. The minimum absolute atomic E-state index is 0.201. The van der Waals surface area contributed by atoms with Crippen LogP contribution in [0.4, 0.5) is 8.78 Å². The van der Waals surface area contributed by atoms with E-state index in [4.69, 9.17) is 5.11 Å². The molecule has 0 saturated heterocycles. The highest BCUT2D eigenvalue weighted by Crippen LogP contribution is 2.32. The van der Waals surface area contributed by atoms with Crippen molar-refractivity contribution in [3.8, 4) is 0 Å². The maximum atomic E-state index is 12.3. The van der Waals surface area contributed by atoms with Crippen molar-refractivity contribution in [2.45, 2.75) is 31.3 Å². The van der Waals surface area contributed by atoms with Gasteiger partial charge in [0.2, 0.25) is 0 Å². The summed E-state index contributed by atoms with van der Waals surface area (Å²) in [6.07, 6.45) is 0.646. The van der Waals surface area contributed by atoms with E-state index in [9.17, 15) is 8.78 Å². The monoisotopic (exact) mass is 135 g/mol. The van der Waals surface area contributed by atoms with Crippen molar-refractivity contribution in [1.29, 1.82) is 0 Å². The van der Waals surface area contributed by atoms with Gasteiger partial charge in [-0.1, -0.05) is 0 Å². The number of hydrogen-bond donors (Lipinski definition) is 1. The van der Waals surface area contributed by atoms with Crippen molar-refractivity contribution in [2.24, 2.45) is 0 Å². The van der Waals surface area contributed by atoms with Crippen molar-refractivity contribution in [2.75, 3.05) is 0 Å². The standard InChI is InChI=1S/C6H9F2O/c7-6(8)4-2-1-3-5(6)9/h2,5,9H,1,3-4H2. The van der Waals surface area contributed by atoms with Crippen molar-refractivity contribution in [3.05, 3.63) is 6.42 Å². The van der Waals surface area contributed by atoms with Crippen LogP contribution in [0, 0.1) is 6.42 Å². The van der Waals surface area contributed by atoms with E-state index in [1.165, 1.54) is 6.42 Å². The third kappa shape index (κ3) is 1.39. The molecule has 9 heavy (non-hydrogen) atoms. The highest BCUT2D eigenvalue weighted by atomic mass is 19.3. The van der Waals surface area contributed by atoms with Crippen LogP contribution in [0.1, 0.15) is 19.3 Å². The molecule has 53 valence electrons. The van der Waals surface area contributed by atoms with Crippen LogP contribution >= 0.6 is 0 Å². The quantitative estimate of drug-likeness (QED) is 0.532. The second-order valence-electron chi connectivity index (χ2n) is 2.35. The smallest absolute Gasteiger partial charge is 0.273 e. The zero-order valence-electron chi connectivity index (χ0n) is 4.98. The van der Waals surface area contributed by atoms with Crippen LogP contribution < -0.4 is 0 Å². The van der Waals surface area contributed by atoms with Crippen LogP contribution in [0.5, 0.6) is 0 Å². The predicted molar refractivity (Wildman–Crippen MR) is 29.1 cm³/mol. The zero-order chi connectivity index (χ0) is 6.91. The van der Waals surface area contributed by atoms with Crippen LogP contribution in [-0.4, -0.2) is 17.1 Å². The summed E-state index contributed by atoms with van der Waals surface area (Å²) in [5, 5.41) is 8.67. The van der Waals surface area contributed by atoms with Crippen molar-refractivity contribution < 1.29 is 13.9 Å². The van der Waals surface area contributed by atoms with Gasteiger partial charge in [-0.15, -0.1) is 0 Å². The maximum Gasteiger partial charge on any atom is 0.273 e. The van der Waals surface area contributed by atoms with Gasteiger partial charge in [-0.25, -0.2) is 8.78 Å². The van der Waals surface area contributed by atoms with Crippen molar-refractivity contribution >= 4 is 0 Å². The molecule has 0 heterocycles. The third-order valence-electron chi connectivity index (χ3n) is 1.55. The number of aliphatic hydroxyl groups excluding tert-OH is 1. The Kier molecular flexibility index (Phi) is 1.70. The number of aliphatic hydroxyl groups is 1. The topological polar surface area (TPSA) is 20.2 Å². The molecule has 0 aromatic heterocycles. The SMILES string of the molecule is OC1CC[CH]CC1(F)F. The Morgan fingerprint density at radius 1 is 1.56 bits per heavy atom. The summed E-state index contributed by atoms with van der Waals surface area (Å²) in [6.45, 7) is 0.